The zero-order valence-corrected chi connectivity index (χ0v) is 34.0. The first-order chi connectivity index (χ1) is 30.7. The van der Waals surface area contributed by atoms with Crippen LogP contribution in [-0.2, 0) is 0 Å². The Morgan fingerprint density at radius 2 is 0.613 bits per heavy atom. The van der Waals surface area contributed by atoms with Gasteiger partial charge in [-0.2, -0.15) is 0 Å². The maximum atomic E-state index is 5.33. The number of pyridine rings is 2. The maximum absolute atomic E-state index is 5.33. The Kier molecular flexibility index (Phi) is 9.57. The SMILES string of the molecule is c1ccc(-c2cc(-c3ccccc3)cc(-c3cc(-c4ccc(-c5ccc6ccc7nc(-c8ccccc8)cc(-c8ccccc8)c7c6c5)cc4)cc(-c4ccccc4)n3)c2)cc1. The highest BCUT2D eigenvalue weighted by atomic mass is 14.7. The maximum Gasteiger partial charge on any atom is 0.0722 e. The van der Waals surface area contributed by atoms with Crippen molar-refractivity contribution in [1.29, 1.82) is 0 Å². The molecule has 0 amide bonds. The van der Waals surface area contributed by atoms with Crippen molar-refractivity contribution in [3.63, 3.8) is 0 Å². The van der Waals surface area contributed by atoms with Gasteiger partial charge in [0.05, 0.1) is 22.6 Å². The van der Waals surface area contributed by atoms with E-state index in [1.165, 1.54) is 33.0 Å². The van der Waals surface area contributed by atoms with Crippen LogP contribution in [0, 0.1) is 0 Å². The highest BCUT2D eigenvalue weighted by Crippen LogP contribution is 2.40. The van der Waals surface area contributed by atoms with Gasteiger partial charge in [0.2, 0.25) is 0 Å². The zero-order chi connectivity index (χ0) is 41.2. The molecule has 0 aliphatic carbocycles. The molecule has 0 aliphatic heterocycles. The smallest absolute Gasteiger partial charge is 0.0722 e. The fraction of sp³-hybridized carbons (Fsp3) is 0. The van der Waals surface area contributed by atoms with Crippen molar-refractivity contribution >= 4 is 21.7 Å². The molecule has 2 heterocycles. The van der Waals surface area contributed by atoms with Gasteiger partial charge in [-0.05, 0) is 115 Å². The first-order valence-corrected chi connectivity index (χ1v) is 21.1. The molecule has 0 spiro atoms. The molecular formula is C60H40N2. The second kappa shape index (κ2) is 16.1. The van der Waals surface area contributed by atoms with E-state index in [2.05, 4.69) is 237 Å². The third-order valence-corrected chi connectivity index (χ3v) is 11.8. The number of benzene rings is 9. The number of nitrogens with zero attached hydrogens (tertiary/aromatic N) is 2. The van der Waals surface area contributed by atoms with E-state index in [1.807, 2.05) is 6.07 Å². The van der Waals surface area contributed by atoms with Crippen LogP contribution in [0.4, 0.5) is 0 Å². The summed E-state index contributed by atoms with van der Waals surface area (Å²) in [5, 5.41) is 3.54. The summed E-state index contributed by atoms with van der Waals surface area (Å²) in [5.41, 5.74) is 18.7. The Hall–Kier alpha value is -8.20. The second-order valence-corrected chi connectivity index (χ2v) is 15.8. The lowest BCUT2D eigenvalue weighted by atomic mass is 9.92. The van der Waals surface area contributed by atoms with Gasteiger partial charge in [0.25, 0.3) is 0 Å². The molecular weight excluding hydrogens is 749 g/mol. The van der Waals surface area contributed by atoms with Gasteiger partial charge >= 0.3 is 0 Å². The molecule has 62 heavy (non-hydrogen) atoms. The second-order valence-electron chi connectivity index (χ2n) is 15.8. The summed E-state index contributed by atoms with van der Waals surface area (Å²) in [7, 11) is 0. The fourth-order valence-electron chi connectivity index (χ4n) is 8.66. The molecule has 0 radical (unpaired) electrons. The number of hydrogen-bond donors (Lipinski definition) is 0. The van der Waals surface area contributed by atoms with Crippen molar-refractivity contribution in [1.82, 2.24) is 9.97 Å². The molecule has 0 fully saturated rings. The summed E-state index contributed by atoms with van der Waals surface area (Å²) in [5.74, 6) is 0. The van der Waals surface area contributed by atoms with Crippen molar-refractivity contribution in [2.75, 3.05) is 0 Å². The van der Waals surface area contributed by atoms with Gasteiger partial charge in [-0.3, -0.25) is 0 Å². The fourth-order valence-corrected chi connectivity index (χ4v) is 8.66. The number of rotatable bonds is 8. The molecule has 0 saturated carbocycles. The molecule has 2 nitrogen and oxygen atoms in total. The average molecular weight is 789 g/mol. The van der Waals surface area contributed by atoms with E-state index in [1.54, 1.807) is 0 Å². The first kappa shape index (κ1) is 36.8. The summed E-state index contributed by atoms with van der Waals surface area (Å²) in [6, 6.07) is 86.6. The number of fused-ring (bicyclic) bond motifs is 3. The summed E-state index contributed by atoms with van der Waals surface area (Å²) in [6.45, 7) is 0. The van der Waals surface area contributed by atoms with E-state index in [4.69, 9.17) is 9.97 Å². The molecule has 11 aromatic rings. The normalized spacial score (nSPS) is 11.2. The molecule has 2 heteroatoms. The molecule has 290 valence electrons. The van der Waals surface area contributed by atoms with Crippen molar-refractivity contribution < 1.29 is 0 Å². The molecule has 9 aromatic carbocycles. The van der Waals surface area contributed by atoms with Crippen LogP contribution in [0.1, 0.15) is 0 Å². The van der Waals surface area contributed by atoms with E-state index >= 15 is 0 Å². The molecule has 2 aromatic heterocycles. The van der Waals surface area contributed by atoms with Crippen LogP contribution >= 0.6 is 0 Å². The van der Waals surface area contributed by atoms with Gasteiger partial charge in [-0.25, -0.2) is 9.97 Å². The third kappa shape index (κ3) is 7.25. The summed E-state index contributed by atoms with van der Waals surface area (Å²) in [4.78, 5) is 10.6. The zero-order valence-electron chi connectivity index (χ0n) is 34.0. The van der Waals surface area contributed by atoms with Crippen LogP contribution in [0.2, 0.25) is 0 Å². The lowest BCUT2D eigenvalue weighted by molar-refractivity contribution is 1.32. The highest BCUT2D eigenvalue weighted by molar-refractivity contribution is 6.14. The van der Waals surface area contributed by atoms with Crippen LogP contribution < -0.4 is 0 Å². The summed E-state index contributed by atoms with van der Waals surface area (Å²) in [6.07, 6.45) is 0. The Bertz CT molecular complexity index is 3290. The minimum absolute atomic E-state index is 0.931. The quantitative estimate of drug-likeness (QED) is 0.143. The van der Waals surface area contributed by atoms with E-state index in [0.717, 1.165) is 78.1 Å². The minimum atomic E-state index is 0.931. The Balaban J connectivity index is 1.02. The predicted octanol–water partition coefficient (Wildman–Crippen LogP) is 16.1. The van der Waals surface area contributed by atoms with Crippen LogP contribution in [-0.4, -0.2) is 9.97 Å². The molecule has 0 aliphatic rings. The third-order valence-electron chi connectivity index (χ3n) is 11.8. The van der Waals surface area contributed by atoms with Crippen LogP contribution in [0.25, 0.3) is 111 Å². The standard InChI is InChI=1S/C60H40N2/c1-6-16-41(17-7-1)50-34-51(42-18-8-2-9-19-42)36-53(35-50)58-39-52(38-57(62-58)47-22-12-4-13-23-47)44-28-26-43(27-29-44)49-31-30-46-32-33-56-60(54(46)37-49)55(45-20-10-3-11-21-45)40-59(61-56)48-24-14-5-15-25-48/h1-40H. The van der Waals surface area contributed by atoms with Gasteiger partial charge in [0.15, 0.2) is 0 Å². The van der Waals surface area contributed by atoms with E-state index in [0.29, 0.717) is 0 Å². The highest BCUT2D eigenvalue weighted by Gasteiger charge is 2.16. The summed E-state index contributed by atoms with van der Waals surface area (Å²) >= 11 is 0. The van der Waals surface area contributed by atoms with Gasteiger partial charge in [0, 0.05) is 22.1 Å². The monoisotopic (exact) mass is 788 g/mol. The van der Waals surface area contributed by atoms with Gasteiger partial charge in [0.1, 0.15) is 0 Å². The molecule has 0 bridgehead atoms. The van der Waals surface area contributed by atoms with E-state index in [-0.39, 0.29) is 0 Å². The Morgan fingerprint density at radius 3 is 1.16 bits per heavy atom. The first-order valence-electron chi connectivity index (χ1n) is 21.1. The van der Waals surface area contributed by atoms with Crippen LogP contribution in [0.15, 0.2) is 243 Å². The van der Waals surface area contributed by atoms with Crippen molar-refractivity contribution in [2.24, 2.45) is 0 Å². The van der Waals surface area contributed by atoms with Gasteiger partial charge in [-0.1, -0.05) is 194 Å². The lowest BCUT2D eigenvalue weighted by Gasteiger charge is -2.15. The van der Waals surface area contributed by atoms with Crippen molar-refractivity contribution in [3.8, 4) is 89.4 Å². The largest absolute Gasteiger partial charge is 0.248 e. The van der Waals surface area contributed by atoms with Gasteiger partial charge in [-0.15, -0.1) is 0 Å². The van der Waals surface area contributed by atoms with Crippen LogP contribution in [0.3, 0.4) is 0 Å². The van der Waals surface area contributed by atoms with Crippen molar-refractivity contribution in [3.05, 3.63) is 243 Å². The van der Waals surface area contributed by atoms with Crippen molar-refractivity contribution in [2.45, 2.75) is 0 Å². The molecule has 0 N–H and O–H groups in total. The Labute approximate surface area is 362 Å². The van der Waals surface area contributed by atoms with Crippen LogP contribution in [0.5, 0.6) is 0 Å². The van der Waals surface area contributed by atoms with E-state index in [9.17, 15) is 0 Å². The number of hydrogen-bond acceptors (Lipinski definition) is 2. The van der Waals surface area contributed by atoms with Gasteiger partial charge < -0.3 is 0 Å². The molecule has 0 unspecified atom stereocenters. The van der Waals surface area contributed by atoms with E-state index < -0.39 is 0 Å². The topological polar surface area (TPSA) is 25.8 Å². The molecule has 0 atom stereocenters. The average Bonchev–Trinajstić information content (AvgIpc) is 3.37. The predicted molar refractivity (Wildman–Crippen MR) is 261 cm³/mol. The summed E-state index contributed by atoms with van der Waals surface area (Å²) < 4.78 is 0. The molecule has 11 rings (SSSR count). The number of aromatic nitrogens is 2. The Morgan fingerprint density at radius 1 is 0.226 bits per heavy atom. The molecule has 0 saturated heterocycles. The minimum Gasteiger partial charge on any atom is -0.248 e. The lowest BCUT2D eigenvalue weighted by Crippen LogP contribution is -1.93.